The molecule has 0 unspecified atom stereocenters. The average molecular weight is 1710 g/mol. The molecule has 19 N–H and O–H groups in total. The third-order valence-corrected chi connectivity index (χ3v) is 17.8. The number of primary amides is 2. The fourth-order valence-electron chi connectivity index (χ4n) is 11.5. The zero-order chi connectivity index (χ0) is 90.2. The molecule has 0 saturated carbocycles. The molecule has 42 heteroatoms. The molecule has 0 spiro atoms. The molecule has 4 aromatic rings. The van der Waals surface area contributed by atoms with Crippen molar-refractivity contribution in [3.8, 4) is 0 Å². The number of amides is 16. The van der Waals surface area contributed by atoms with Crippen LogP contribution < -0.4 is 75.3 Å². The van der Waals surface area contributed by atoms with E-state index < -0.39 is 210 Å². The quantitative estimate of drug-likeness (QED) is 0.0271. The lowest BCUT2D eigenvalue weighted by Gasteiger charge is -2.33. The van der Waals surface area contributed by atoms with Gasteiger partial charge >= 0.3 is 24.4 Å². The molecule has 16 amide bonds. The minimum atomic E-state index is -1.88. The normalized spacial score (nSPS) is 13.7. The fraction of sp³-hybridized carbons (Fsp3) is 0.615. The van der Waals surface area contributed by atoms with E-state index in [1.54, 1.807) is 127 Å². The number of benzene rings is 1. The van der Waals surface area contributed by atoms with Gasteiger partial charge in [-0.1, -0.05) is 45.9 Å². The van der Waals surface area contributed by atoms with Crippen LogP contribution in [0.25, 0.3) is 10.9 Å². The molecule has 8 atom stereocenters. The Morgan fingerprint density at radius 2 is 0.992 bits per heavy atom. The van der Waals surface area contributed by atoms with Gasteiger partial charge in [-0.05, 0) is 138 Å². The first kappa shape index (κ1) is 101. The van der Waals surface area contributed by atoms with Gasteiger partial charge in [-0.2, -0.15) is 11.8 Å². The second-order valence-corrected chi connectivity index (χ2v) is 34.4. The first-order valence-corrected chi connectivity index (χ1v) is 40.7. The van der Waals surface area contributed by atoms with Crippen LogP contribution in [0, 0.1) is 17.8 Å². The lowest BCUT2D eigenvalue weighted by atomic mass is 10.0. The lowest BCUT2D eigenvalue weighted by molar-refractivity contribution is -0.136. The van der Waals surface area contributed by atoms with Gasteiger partial charge in [0.25, 0.3) is 0 Å². The number of nitrogens with zero attached hydrogens (tertiary/aromatic N) is 4. The standard InChI is InChI=1S/C78H123N21O20S/c1-43(2)29-53(66(107)93-52(62(80)103)23-28-120-18)94-67(108)55(31-48-35-81-41-88-48)91-60(102)38-87-70(111)61(44(3)4)97-63(104)45(5)90-65(106)54(30-46-34-85-51-22-20-19-21-50(46)51)95-68(109)56(32-49-36-82-42-89-49)96-69(110)57(33-58(79)100)92-59(101)37-86-64(105)47(39-98(73(114)118-77(12,13)14)26-24-83-71(112)116-75(6,7)8)40-99(74(115)119-78(15,16)17)27-25-84-72(113)117-76(9,10)11/h19-22,34-36,41-45,47,52-57,61,85H,23-33,37-40H2,1-18H3,(H2,79,100)(H2,80,103)(H,81,88)(H,82,89)(H,83,112)(H,84,113)(H,86,105)(H,87,111)(H,90,106)(H,91,102)(H,92,101)(H,93,107)(H,94,108)(H,95,109)(H,96,110)(H,97,104)/t45-,52-,53-,54-,55-,56-,57-,61-/m0/s1. The number of thioether (sulfide) groups is 1. The number of fused-ring (bicyclic) bond motifs is 1. The van der Waals surface area contributed by atoms with Crippen molar-refractivity contribution in [2.24, 2.45) is 29.2 Å². The number of aromatic amines is 3. The molecule has 0 aliphatic carbocycles. The van der Waals surface area contributed by atoms with Gasteiger partial charge in [-0.25, -0.2) is 29.1 Å². The van der Waals surface area contributed by atoms with E-state index >= 15 is 0 Å². The maximum Gasteiger partial charge on any atom is 0.410 e. The number of H-pyrrole nitrogens is 3. The molecule has 41 nitrogen and oxygen atoms in total. The van der Waals surface area contributed by atoms with Crippen molar-refractivity contribution >= 4 is 118 Å². The van der Waals surface area contributed by atoms with E-state index in [0.717, 1.165) is 9.80 Å². The van der Waals surface area contributed by atoms with E-state index in [2.05, 4.69) is 88.7 Å². The number of carbonyl (C=O) groups is 16. The number of nitrogens with two attached hydrogens (primary N) is 2. The summed E-state index contributed by atoms with van der Waals surface area (Å²) in [5.74, 6) is -13.0. The summed E-state index contributed by atoms with van der Waals surface area (Å²) in [7, 11) is 0. The number of nitrogens with one attached hydrogen (secondary N) is 15. The van der Waals surface area contributed by atoms with Crippen LogP contribution in [0.15, 0.2) is 55.5 Å². The zero-order valence-corrected chi connectivity index (χ0v) is 72.5. The highest BCUT2D eigenvalue weighted by Crippen LogP contribution is 2.22. The minimum absolute atomic E-state index is 0.128. The SMILES string of the molecule is CSCC[C@H](NC(=O)[C@H](CC(C)C)NC(=O)[C@H](Cc1c[nH]cn1)NC(=O)CNC(=O)[C@@H](NC(=O)[C@H](C)NC(=O)[C@H](Cc1c[nH]c2ccccc12)NC(=O)[C@H](Cc1cnc[nH]1)NC(=O)[C@H](CC(N)=O)NC(=O)CNC(=O)C(CN(CCNC(=O)OC(C)(C)C)C(=O)OC(C)(C)C)CN(CCNC(=O)OC(C)(C)C)C(=O)OC(C)(C)C)C(C)C)C(N)=O. The Labute approximate surface area is 702 Å². The topological polar surface area (TPSA) is 586 Å². The number of hydrogen-bond acceptors (Lipinski definition) is 23. The highest BCUT2D eigenvalue weighted by atomic mass is 32.2. The number of rotatable bonds is 45. The third-order valence-electron chi connectivity index (χ3n) is 17.1. The van der Waals surface area contributed by atoms with Crippen molar-refractivity contribution in [2.45, 2.75) is 227 Å². The minimum Gasteiger partial charge on any atom is -0.444 e. The molecule has 0 aliphatic rings. The average Bonchev–Trinajstić information content (AvgIpc) is 1.66. The van der Waals surface area contributed by atoms with Crippen molar-refractivity contribution in [3.05, 3.63) is 72.5 Å². The van der Waals surface area contributed by atoms with Gasteiger partial charge in [-0.3, -0.25) is 57.5 Å². The predicted octanol–water partition coefficient (Wildman–Crippen LogP) is 0.728. The summed E-state index contributed by atoms with van der Waals surface area (Å²) in [4.78, 5) is 240. The van der Waals surface area contributed by atoms with Gasteiger partial charge in [-0.15, -0.1) is 0 Å². The molecule has 666 valence electrons. The molecule has 0 bridgehead atoms. The fourth-order valence-corrected chi connectivity index (χ4v) is 12.0. The second kappa shape index (κ2) is 47.1. The van der Waals surface area contributed by atoms with E-state index in [-0.39, 0.29) is 69.9 Å². The van der Waals surface area contributed by atoms with Gasteiger partial charge in [0.15, 0.2) is 0 Å². The molecular weight excluding hydrogens is 1580 g/mol. The number of ether oxygens (including phenoxy) is 4. The Morgan fingerprint density at radius 1 is 0.508 bits per heavy atom. The van der Waals surface area contributed by atoms with Crippen molar-refractivity contribution in [3.63, 3.8) is 0 Å². The van der Waals surface area contributed by atoms with Crippen LogP contribution in [-0.2, 0) is 95.7 Å². The number of hydrogen-bond donors (Lipinski definition) is 17. The van der Waals surface area contributed by atoms with Gasteiger partial charge in [0.1, 0.15) is 70.7 Å². The van der Waals surface area contributed by atoms with E-state index in [9.17, 15) is 76.7 Å². The molecule has 4 rings (SSSR count). The molecule has 0 saturated heterocycles. The first-order valence-electron chi connectivity index (χ1n) is 39.3. The summed E-state index contributed by atoms with van der Waals surface area (Å²) in [5.41, 5.74) is 8.99. The van der Waals surface area contributed by atoms with Crippen LogP contribution in [0.2, 0.25) is 0 Å². The molecule has 3 heterocycles. The van der Waals surface area contributed by atoms with E-state index in [4.69, 9.17) is 30.4 Å². The van der Waals surface area contributed by atoms with E-state index in [1.807, 2.05) is 20.1 Å². The summed E-state index contributed by atoms with van der Waals surface area (Å²) in [5, 5.41) is 31.3. The summed E-state index contributed by atoms with van der Waals surface area (Å²) in [6.45, 7) is 23.6. The highest BCUT2D eigenvalue weighted by Gasteiger charge is 2.38. The van der Waals surface area contributed by atoms with Crippen molar-refractivity contribution in [1.29, 1.82) is 0 Å². The Hall–Kier alpha value is -11.7. The summed E-state index contributed by atoms with van der Waals surface area (Å²) in [6, 6.07) is -4.45. The molecule has 0 aliphatic heterocycles. The Kier molecular flexibility index (Phi) is 39.5. The maximum absolute atomic E-state index is 14.9. The maximum atomic E-state index is 14.9. The molecule has 1 aromatic carbocycles. The monoisotopic (exact) mass is 1710 g/mol. The van der Waals surface area contributed by atoms with Gasteiger partial charge in [0, 0.05) is 93.7 Å². The number of imidazole rings is 2. The van der Waals surface area contributed by atoms with E-state index in [1.165, 1.54) is 43.7 Å². The van der Waals surface area contributed by atoms with Crippen LogP contribution in [0.1, 0.15) is 154 Å². The smallest absolute Gasteiger partial charge is 0.410 e. The summed E-state index contributed by atoms with van der Waals surface area (Å²) < 4.78 is 22.1. The van der Waals surface area contributed by atoms with Crippen LogP contribution in [0.3, 0.4) is 0 Å². The van der Waals surface area contributed by atoms with Crippen LogP contribution in [0.4, 0.5) is 19.2 Å². The number of aromatic nitrogens is 5. The summed E-state index contributed by atoms with van der Waals surface area (Å²) >= 11 is 1.44. The molecular formula is C78H123N21O20S. The third kappa shape index (κ3) is 37.9. The van der Waals surface area contributed by atoms with Crippen molar-refractivity contribution < 1.29 is 95.7 Å². The van der Waals surface area contributed by atoms with Crippen LogP contribution in [-0.4, -0.2) is 265 Å². The van der Waals surface area contributed by atoms with Gasteiger partial charge in [0.2, 0.25) is 70.9 Å². The Balaban J connectivity index is 1.61. The molecule has 0 fully saturated rings. The van der Waals surface area contributed by atoms with E-state index in [0.29, 0.717) is 27.9 Å². The first-order chi connectivity index (χ1) is 55.9. The molecule has 3 aromatic heterocycles. The highest BCUT2D eigenvalue weighted by molar-refractivity contribution is 7.98. The predicted molar refractivity (Wildman–Crippen MR) is 442 cm³/mol. The second-order valence-electron chi connectivity index (χ2n) is 33.4. The van der Waals surface area contributed by atoms with Crippen LogP contribution in [0.5, 0.6) is 0 Å². The zero-order valence-electron chi connectivity index (χ0n) is 71.7. The molecule has 0 radical (unpaired) electrons. The Morgan fingerprint density at radius 3 is 1.48 bits per heavy atom. The van der Waals surface area contributed by atoms with Crippen molar-refractivity contribution in [2.75, 3.05) is 64.4 Å². The van der Waals surface area contributed by atoms with Crippen molar-refractivity contribution in [1.82, 2.24) is 98.5 Å². The van der Waals surface area contributed by atoms with Crippen LogP contribution >= 0.6 is 11.8 Å². The summed E-state index contributed by atoms with van der Waals surface area (Å²) in [6.07, 6.45) is 3.96. The van der Waals surface area contributed by atoms with Gasteiger partial charge in [0.05, 0.1) is 43.8 Å². The lowest BCUT2D eigenvalue weighted by Crippen LogP contribution is -2.60. The molecule has 120 heavy (non-hydrogen) atoms. The number of para-hydroxylation sites is 1. The number of carbonyl (C=O) groups excluding carboxylic acids is 16. The number of alkyl carbamates (subject to hydrolysis) is 2. The van der Waals surface area contributed by atoms with Gasteiger partial charge < -0.3 is 119 Å². The Bertz CT molecular complexity index is 4060. The largest absolute Gasteiger partial charge is 0.444 e.